The van der Waals surface area contributed by atoms with E-state index in [4.69, 9.17) is 0 Å². The molecule has 0 aliphatic rings. The SMILES string of the molecule is Cc1cc(-c2c(O)c(=O)c2=O)ccn1. The van der Waals surface area contributed by atoms with Gasteiger partial charge in [-0.05, 0) is 24.6 Å². The highest BCUT2D eigenvalue weighted by Gasteiger charge is 2.21. The summed E-state index contributed by atoms with van der Waals surface area (Å²) in [6, 6.07) is 3.23. The first kappa shape index (κ1) is 8.62. The summed E-state index contributed by atoms with van der Waals surface area (Å²) < 4.78 is 0. The van der Waals surface area contributed by atoms with Gasteiger partial charge in [0.2, 0.25) is 5.43 Å². The smallest absolute Gasteiger partial charge is 0.268 e. The van der Waals surface area contributed by atoms with E-state index in [1.54, 1.807) is 19.1 Å². The van der Waals surface area contributed by atoms with Crippen molar-refractivity contribution in [3.8, 4) is 16.9 Å². The maximum absolute atomic E-state index is 11.1. The monoisotopic (exact) mass is 189 g/mol. The maximum Gasteiger partial charge on any atom is 0.268 e. The van der Waals surface area contributed by atoms with Gasteiger partial charge in [-0.15, -0.1) is 0 Å². The van der Waals surface area contributed by atoms with E-state index in [9.17, 15) is 14.7 Å². The van der Waals surface area contributed by atoms with Gasteiger partial charge >= 0.3 is 0 Å². The number of nitrogens with zero attached hydrogens (tertiary/aromatic N) is 1. The van der Waals surface area contributed by atoms with Crippen LogP contribution >= 0.6 is 0 Å². The van der Waals surface area contributed by atoms with Crippen molar-refractivity contribution in [1.82, 2.24) is 4.98 Å². The number of aromatic nitrogens is 1. The van der Waals surface area contributed by atoms with Crippen LogP contribution in [0.15, 0.2) is 27.9 Å². The Bertz CT molecular complexity index is 565. The van der Waals surface area contributed by atoms with Crippen LogP contribution in [0.1, 0.15) is 5.69 Å². The molecule has 0 saturated carbocycles. The molecule has 1 aromatic carbocycles. The lowest BCUT2D eigenvalue weighted by Crippen LogP contribution is -2.31. The van der Waals surface area contributed by atoms with Gasteiger partial charge in [-0.1, -0.05) is 0 Å². The normalized spacial score (nSPS) is 10.6. The molecule has 0 aliphatic heterocycles. The first-order valence-corrected chi connectivity index (χ1v) is 4.06. The van der Waals surface area contributed by atoms with Gasteiger partial charge in [-0.3, -0.25) is 14.6 Å². The Morgan fingerprint density at radius 2 is 2.00 bits per heavy atom. The summed E-state index contributed by atoms with van der Waals surface area (Å²) in [5.74, 6) is -0.444. The Morgan fingerprint density at radius 1 is 1.29 bits per heavy atom. The van der Waals surface area contributed by atoms with E-state index in [0.29, 0.717) is 5.56 Å². The molecule has 0 atom stereocenters. The molecule has 0 amide bonds. The van der Waals surface area contributed by atoms with E-state index < -0.39 is 16.6 Å². The summed E-state index contributed by atoms with van der Waals surface area (Å²) in [7, 11) is 0. The Morgan fingerprint density at radius 3 is 2.57 bits per heavy atom. The van der Waals surface area contributed by atoms with Crippen LogP contribution in [-0.4, -0.2) is 10.1 Å². The van der Waals surface area contributed by atoms with Crippen molar-refractivity contribution in [2.75, 3.05) is 0 Å². The number of aryl methyl sites for hydroxylation is 1. The third-order valence-corrected chi connectivity index (χ3v) is 2.07. The highest BCUT2D eigenvalue weighted by atomic mass is 16.3. The highest BCUT2D eigenvalue weighted by Crippen LogP contribution is 2.23. The fourth-order valence-corrected chi connectivity index (χ4v) is 1.35. The minimum atomic E-state index is -0.811. The van der Waals surface area contributed by atoms with Gasteiger partial charge < -0.3 is 5.11 Å². The summed E-state index contributed by atoms with van der Waals surface area (Å²) in [4.78, 5) is 25.8. The van der Waals surface area contributed by atoms with E-state index in [-0.39, 0.29) is 5.56 Å². The molecule has 0 bridgehead atoms. The van der Waals surface area contributed by atoms with E-state index in [1.807, 2.05) is 0 Å². The van der Waals surface area contributed by atoms with Crippen molar-refractivity contribution in [3.05, 3.63) is 44.5 Å². The zero-order valence-electron chi connectivity index (χ0n) is 7.44. The predicted octanol–water partition coefficient (Wildman–Crippen LogP) is 0.359. The second-order valence-corrected chi connectivity index (χ2v) is 3.07. The van der Waals surface area contributed by atoms with E-state index in [0.717, 1.165) is 5.69 Å². The number of pyridine rings is 1. The third kappa shape index (κ3) is 1.04. The van der Waals surface area contributed by atoms with Crippen LogP contribution in [0, 0.1) is 6.92 Å². The van der Waals surface area contributed by atoms with E-state index in [2.05, 4.69) is 4.98 Å². The molecule has 4 heteroatoms. The van der Waals surface area contributed by atoms with Crippen LogP contribution in [0.3, 0.4) is 0 Å². The van der Waals surface area contributed by atoms with Crippen molar-refractivity contribution < 1.29 is 5.11 Å². The third-order valence-electron chi connectivity index (χ3n) is 2.07. The van der Waals surface area contributed by atoms with Gasteiger partial charge in [-0.25, -0.2) is 0 Å². The predicted molar refractivity (Wildman–Crippen MR) is 51.0 cm³/mol. The number of rotatable bonds is 1. The molecule has 1 N–H and O–H groups in total. The average Bonchev–Trinajstić information content (AvgIpc) is 2.18. The molecule has 0 unspecified atom stereocenters. The second kappa shape index (κ2) is 2.77. The van der Waals surface area contributed by atoms with Crippen molar-refractivity contribution in [2.45, 2.75) is 6.92 Å². The molecule has 0 spiro atoms. The lowest BCUT2D eigenvalue weighted by atomic mass is 10.0. The largest absolute Gasteiger partial charge is 0.503 e. The van der Waals surface area contributed by atoms with Crippen LogP contribution in [-0.2, 0) is 0 Å². The fraction of sp³-hybridized carbons (Fsp3) is 0.100. The van der Waals surface area contributed by atoms with Gasteiger partial charge in [0.15, 0.2) is 5.75 Å². The van der Waals surface area contributed by atoms with Crippen LogP contribution in [0.2, 0.25) is 0 Å². The minimum Gasteiger partial charge on any atom is -0.503 e. The molecule has 70 valence electrons. The first-order chi connectivity index (χ1) is 6.61. The zero-order chi connectivity index (χ0) is 10.3. The standard InChI is InChI=1S/C10H7NO3/c1-5-4-6(2-3-11-5)7-8(12)10(14)9(7)13/h2-4,12H,1H3. The van der Waals surface area contributed by atoms with Crippen LogP contribution in [0.4, 0.5) is 0 Å². The topological polar surface area (TPSA) is 67.3 Å². The molecule has 14 heavy (non-hydrogen) atoms. The van der Waals surface area contributed by atoms with Gasteiger partial charge in [-0.2, -0.15) is 0 Å². The van der Waals surface area contributed by atoms with E-state index >= 15 is 0 Å². The second-order valence-electron chi connectivity index (χ2n) is 3.07. The highest BCUT2D eigenvalue weighted by molar-refractivity contribution is 5.73. The molecule has 1 heterocycles. The minimum absolute atomic E-state index is 0.0977. The summed E-state index contributed by atoms with van der Waals surface area (Å²) in [5.41, 5.74) is -0.0717. The number of aromatic hydroxyl groups is 1. The molecular formula is C10H7NO3. The Balaban J connectivity index is 2.63. The van der Waals surface area contributed by atoms with E-state index in [1.165, 1.54) is 6.20 Å². The Kier molecular flexibility index (Phi) is 1.70. The van der Waals surface area contributed by atoms with Crippen LogP contribution in [0.25, 0.3) is 11.1 Å². The van der Waals surface area contributed by atoms with Gasteiger partial charge in [0.05, 0.1) is 5.56 Å². The summed E-state index contributed by atoms with van der Waals surface area (Å²) in [5, 5.41) is 9.18. The Labute approximate surface area is 79.2 Å². The fourth-order valence-electron chi connectivity index (χ4n) is 1.35. The molecule has 2 rings (SSSR count). The summed E-state index contributed by atoms with van der Waals surface area (Å²) in [6.07, 6.45) is 1.53. The number of hydrogen-bond acceptors (Lipinski definition) is 4. The van der Waals surface area contributed by atoms with Gasteiger partial charge in [0.25, 0.3) is 5.43 Å². The lowest BCUT2D eigenvalue weighted by molar-refractivity contribution is 0.465. The molecule has 0 radical (unpaired) electrons. The van der Waals surface area contributed by atoms with Crippen molar-refractivity contribution in [1.29, 1.82) is 0 Å². The molecule has 0 fully saturated rings. The van der Waals surface area contributed by atoms with Gasteiger partial charge in [0, 0.05) is 11.9 Å². The van der Waals surface area contributed by atoms with Crippen molar-refractivity contribution >= 4 is 0 Å². The molecular weight excluding hydrogens is 182 g/mol. The number of hydrogen-bond donors (Lipinski definition) is 1. The first-order valence-electron chi connectivity index (χ1n) is 4.06. The molecule has 4 nitrogen and oxygen atoms in total. The zero-order valence-corrected chi connectivity index (χ0v) is 7.44. The van der Waals surface area contributed by atoms with Crippen molar-refractivity contribution in [3.63, 3.8) is 0 Å². The van der Waals surface area contributed by atoms with Gasteiger partial charge in [0.1, 0.15) is 0 Å². The Hall–Kier alpha value is -1.97. The molecule has 0 saturated heterocycles. The summed E-state index contributed by atoms with van der Waals surface area (Å²) in [6.45, 7) is 1.77. The van der Waals surface area contributed by atoms with Crippen LogP contribution in [0.5, 0.6) is 5.75 Å². The van der Waals surface area contributed by atoms with Crippen LogP contribution < -0.4 is 10.9 Å². The summed E-state index contributed by atoms with van der Waals surface area (Å²) >= 11 is 0. The molecule has 2 aromatic rings. The lowest BCUT2D eigenvalue weighted by Gasteiger charge is -2.05. The quantitative estimate of drug-likeness (QED) is 0.657. The maximum atomic E-state index is 11.1. The molecule has 0 aliphatic carbocycles. The van der Waals surface area contributed by atoms with Crippen molar-refractivity contribution in [2.24, 2.45) is 0 Å². The molecule has 1 aromatic heterocycles. The average molecular weight is 189 g/mol.